The van der Waals surface area contributed by atoms with Crippen LogP contribution < -0.4 is 5.73 Å². The number of hydrogen-bond donors (Lipinski definition) is 2. The van der Waals surface area contributed by atoms with E-state index < -0.39 is 12.1 Å². The molecule has 4 heteroatoms. The van der Waals surface area contributed by atoms with Crippen molar-refractivity contribution in [1.29, 1.82) is 0 Å². The van der Waals surface area contributed by atoms with E-state index in [0.717, 1.165) is 5.56 Å². The van der Waals surface area contributed by atoms with Gasteiger partial charge in [-0.25, -0.2) is 4.79 Å². The lowest BCUT2D eigenvalue weighted by molar-refractivity contribution is 0.0600. The molecule has 0 spiro atoms. The Labute approximate surface area is 101 Å². The molecule has 1 aromatic carbocycles. The van der Waals surface area contributed by atoms with E-state index in [9.17, 15) is 9.90 Å². The van der Waals surface area contributed by atoms with E-state index in [4.69, 9.17) is 5.73 Å². The normalized spacial score (nSPS) is 14.5. The van der Waals surface area contributed by atoms with Gasteiger partial charge in [0.2, 0.25) is 0 Å². The summed E-state index contributed by atoms with van der Waals surface area (Å²) in [5.74, 6) is -0.292. The highest BCUT2D eigenvalue weighted by Gasteiger charge is 2.20. The second-order valence-electron chi connectivity index (χ2n) is 4.37. The van der Waals surface area contributed by atoms with Gasteiger partial charge >= 0.3 is 5.97 Å². The molecular weight excluding hydrogens is 218 g/mol. The topological polar surface area (TPSA) is 72.5 Å². The van der Waals surface area contributed by atoms with Crippen LogP contribution in [0.4, 0.5) is 0 Å². The molecule has 0 radical (unpaired) electrons. The molecule has 94 valence electrons. The number of carbonyl (C=O) groups is 1. The Morgan fingerprint density at radius 3 is 2.24 bits per heavy atom. The van der Waals surface area contributed by atoms with Crippen molar-refractivity contribution in [3.8, 4) is 0 Å². The fourth-order valence-electron chi connectivity index (χ4n) is 1.57. The first-order chi connectivity index (χ1) is 7.97. The van der Waals surface area contributed by atoms with Gasteiger partial charge in [0.15, 0.2) is 0 Å². The summed E-state index contributed by atoms with van der Waals surface area (Å²) in [6.45, 7) is 3.82. The zero-order chi connectivity index (χ0) is 13.0. The van der Waals surface area contributed by atoms with Gasteiger partial charge in [0.25, 0.3) is 0 Å². The maximum atomic E-state index is 11.2. The van der Waals surface area contributed by atoms with E-state index >= 15 is 0 Å². The van der Waals surface area contributed by atoms with Crippen LogP contribution in [0.15, 0.2) is 24.3 Å². The summed E-state index contributed by atoms with van der Waals surface area (Å²) in [5, 5.41) is 9.86. The van der Waals surface area contributed by atoms with Gasteiger partial charge in [-0.3, -0.25) is 0 Å². The first-order valence-electron chi connectivity index (χ1n) is 5.59. The van der Waals surface area contributed by atoms with Crippen molar-refractivity contribution in [2.24, 2.45) is 11.7 Å². The van der Waals surface area contributed by atoms with Gasteiger partial charge in [0, 0.05) is 0 Å². The van der Waals surface area contributed by atoms with E-state index in [0.29, 0.717) is 5.56 Å². The van der Waals surface area contributed by atoms with Crippen molar-refractivity contribution in [1.82, 2.24) is 0 Å². The Hall–Kier alpha value is -1.39. The highest BCUT2D eigenvalue weighted by molar-refractivity contribution is 5.89. The second kappa shape index (κ2) is 5.80. The predicted molar refractivity (Wildman–Crippen MR) is 65.6 cm³/mol. The van der Waals surface area contributed by atoms with Crippen LogP contribution in [0.5, 0.6) is 0 Å². The van der Waals surface area contributed by atoms with Crippen LogP contribution in [-0.2, 0) is 4.74 Å². The molecule has 0 heterocycles. The third-order valence-electron chi connectivity index (χ3n) is 2.77. The molecular formula is C13H19NO3. The third-order valence-corrected chi connectivity index (χ3v) is 2.77. The van der Waals surface area contributed by atoms with Crippen LogP contribution in [0.2, 0.25) is 0 Å². The average Bonchev–Trinajstić information content (AvgIpc) is 2.36. The lowest BCUT2D eigenvalue weighted by Gasteiger charge is -2.22. The van der Waals surface area contributed by atoms with Crippen LogP contribution in [0.25, 0.3) is 0 Å². The molecule has 17 heavy (non-hydrogen) atoms. The fourth-order valence-corrected chi connectivity index (χ4v) is 1.57. The Morgan fingerprint density at radius 2 is 1.82 bits per heavy atom. The molecule has 0 amide bonds. The second-order valence-corrected chi connectivity index (χ2v) is 4.37. The highest BCUT2D eigenvalue weighted by atomic mass is 16.5. The summed E-state index contributed by atoms with van der Waals surface area (Å²) in [4.78, 5) is 11.2. The van der Waals surface area contributed by atoms with Crippen molar-refractivity contribution >= 4 is 5.97 Å². The molecule has 0 aromatic heterocycles. The monoisotopic (exact) mass is 237 g/mol. The van der Waals surface area contributed by atoms with Crippen LogP contribution >= 0.6 is 0 Å². The zero-order valence-corrected chi connectivity index (χ0v) is 10.4. The number of nitrogens with two attached hydrogens (primary N) is 1. The first kappa shape index (κ1) is 13.7. The van der Waals surface area contributed by atoms with Crippen molar-refractivity contribution in [3.05, 3.63) is 35.4 Å². The fraction of sp³-hybridized carbons (Fsp3) is 0.462. The summed E-state index contributed by atoms with van der Waals surface area (Å²) >= 11 is 0. The molecule has 0 saturated heterocycles. The minimum Gasteiger partial charge on any atom is -0.465 e. The van der Waals surface area contributed by atoms with E-state index in [-0.39, 0.29) is 11.9 Å². The van der Waals surface area contributed by atoms with Crippen LogP contribution in [0.1, 0.15) is 35.8 Å². The number of esters is 1. The Morgan fingerprint density at radius 1 is 1.29 bits per heavy atom. The van der Waals surface area contributed by atoms with Gasteiger partial charge in [-0.2, -0.15) is 0 Å². The summed E-state index contributed by atoms with van der Waals surface area (Å²) in [6.07, 6.45) is -0.598. The highest BCUT2D eigenvalue weighted by Crippen LogP contribution is 2.20. The minimum absolute atomic E-state index is 0.0882. The SMILES string of the molecule is COC(=O)c1ccc([C@H](N)[C@H](O)C(C)C)cc1. The van der Waals surface area contributed by atoms with E-state index in [1.54, 1.807) is 24.3 Å². The number of benzene rings is 1. The lowest BCUT2D eigenvalue weighted by atomic mass is 9.94. The molecule has 2 atom stereocenters. The predicted octanol–water partition coefficient (Wildman–Crippen LogP) is 1.49. The molecule has 0 saturated carbocycles. The smallest absolute Gasteiger partial charge is 0.337 e. The number of ether oxygens (including phenoxy) is 1. The van der Waals surface area contributed by atoms with Crippen molar-refractivity contribution in [2.45, 2.75) is 26.0 Å². The molecule has 1 rings (SSSR count). The molecule has 0 aliphatic rings. The van der Waals surface area contributed by atoms with Gasteiger partial charge in [0.1, 0.15) is 0 Å². The van der Waals surface area contributed by atoms with E-state index in [1.165, 1.54) is 7.11 Å². The molecule has 0 fully saturated rings. The van der Waals surface area contributed by atoms with Crippen LogP contribution in [0, 0.1) is 5.92 Å². The maximum absolute atomic E-state index is 11.2. The summed E-state index contributed by atoms with van der Waals surface area (Å²) < 4.78 is 4.60. The van der Waals surface area contributed by atoms with Crippen LogP contribution in [0.3, 0.4) is 0 Å². The quantitative estimate of drug-likeness (QED) is 0.778. The summed E-state index contributed by atoms with van der Waals surface area (Å²) in [5.41, 5.74) is 7.21. The van der Waals surface area contributed by atoms with E-state index in [2.05, 4.69) is 4.74 Å². The van der Waals surface area contributed by atoms with Gasteiger partial charge in [-0.05, 0) is 23.6 Å². The largest absolute Gasteiger partial charge is 0.465 e. The van der Waals surface area contributed by atoms with Crippen molar-refractivity contribution in [2.75, 3.05) is 7.11 Å². The average molecular weight is 237 g/mol. The minimum atomic E-state index is -0.598. The molecule has 0 aliphatic heterocycles. The number of aliphatic hydroxyl groups is 1. The number of hydrogen-bond acceptors (Lipinski definition) is 4. The Kier molecular flexibility index (Phi) is 4.66. The molecule has 1 aromatic rings. The first-order valence-corrected chi connectivity index (χ1v) is 5.59. The lowest BCUT2D eigenvalue weighted by Crippen LogP contribution is -2.30. The van der Waals surface area contributed by atoms with Crippen molar-refractivity contribution in [3.63, 3.8) is 0 Å². The number of aliphatic hydroxyl groups excluding tert-OH is 1. The van der Waals surface area contributed by atoms with E-state index in [1.807, 2.05) is 13.8 Å². The maximum Gasteiger partial charge on any atom is 0.337 e. The molecule has 4 nitrogen and oxygen atoms in total. The van der Waals surface area contributed by atoms with Gasteiger partial charge < -0.3 is 15.6 Å². The van der Waals surface area contributed by atoms with Crippen molar-refractivity contribution < 1.29 is 14.6 Å². The van der Waals surface area contributed by atoms with Crippen LogP contribution in [-0.4, -0.2) is 24.3 Å². The molecule has 0 unspecified atom stereocenters. The standard InChI is InChI=1S/C13H19NO3/c1-8(2)12(15)11(14)9-4-6-10(7-5-9)13(16)17-3/h4-8,11-12,15H,14H2,1-3H3/t11-,12+/m0/s1. The van der Waals surface area contributed by atoms with Gasteiger partial charge in [0.05, 0.1) is 24.8 Å². The molecule has 3 N–H and O–H groups in total. The molecule has 0 aliphatic carbocycles. The third kappa shape index (κ3) is 3.28. The summed E-state index contributed by atoms with van der Waals surface area (Å²) in [6, 6.07) is 6.33. The number of carbonyl (C=O) groups excluding carboxylic acids is 1. The number of rotatable bonds is 4. The number of methoxy groups -OCH3 is 1. The Balaban J connectivity index is 2.84. The van der Waals surface area contributed by atoms with Gasteiger partial charge in [-0.15, -0.1) is 0 Å². The summed E-state index contributed by atoms with van der Waals surface area (Å²) in [7, 11) is 1.34. The Bertz CT molecular complexity index is 373. The molecule has 0 bridgehead atoms. The van der Waals surface area contributed by atoms with Gasteiger partial charge in [-0.1, -0.05) is 26.0 Å². The zero-order valence-electron chi connectivity index (χ0n) is 10.4.